The third-order valence-electron chi connectivity index (χ3n) is 5.64. The van der Waals surface area contributed by atoms with Crippen molar-refractivity contribution in [3.8, 4) is 0 Å². The van der Waals surface area contributed by atoms with Gasteiger partial charge in [0.05, 0.1) is 24.7 Å². The standard InChI is InChI=1S/C24H26N4O2/c1-17-6-5-11-25-21(17)15-27-23(29)14-22-24(30)26-12-13-28(22)16-19-9-4-8-18-7-2-3-10-20(18)19/h2-11,22H,12-16H2,1H3,(H,26,30)(H,27,29)/t22-/m0/s1. The number of benzene rings is 2. The topological polar surface area (TPSA) is 74.3 Å². The van der Waals surface area contributed by atoms with E-state index in [1.54, 1.807) is 6.20 Å². The molecule has 1 fully saturated rings. The number of carbonyl (C=O) groups is 2. The van der Waals surface area contributed by atoms with Crippen molar-refractivity contribution >= 4 is 22.6 Å². The van der Waals surface area contributed by atoms with E-state index in [4.69, 9.17) is 0 Å². The molecule has 2 N–H and O–H groups in total. The molecule has 1 aromatic heterocycles. The Morgan fingerprint density at radius 3 is 2.87 bits per heavy atom. The molecule has 2 aromatic carbocycles. The third-order valence-corrected chi connectivity index (χ3v) is 5.64. The molecule has 0 unspecified atom stereocenters. The van der Waals surface area contributed by atoms with E-state index in [-0.39, 0.29) is 18.2 Å². The third kappa shape index (κ3) is 4.49. The summed E-state index contributed by atoms with van der Waals surface area (Å²) in [7, 11) is 0. The molecule has 154 valence electrons. The van der Waals surface area contributed by atoms with E-state index in [1.165, 1.54) is 10.8 Å². The molecule has 0 radical (unpaired) electrons. The molecule has 0 saturated carbocycles. The van der Waals surface area contributed by atoms with Crippen molar-refractivity contribution in [3.05, 3.63) is 77.6 Å². The Bertz CT molecular complexity index is 1060. The zero-order valence-electron chi connectivity index (χ0n) is 17.1. The number of aromatic nitrogens is 1. The van der Waals surface area contributed by atoms with Crippen LogP contribution in [-0.2, 0) is 22.7 Å². The van der Waals surface area contributed by atoms with E-state index in [0.29, 0.717) is 26.2 Å². The molecule has 1 aliphatic heterocycles. The van der Waals surface area contributed by atoms with E-state index in [9.17, 15) is 9.59 Å². The van der Waals surface area contributed by atoms with Crippen LogP contribution >= 0.6 is 0 Å². The molecule has 3 aromatic rings. The zero-order valence-corrected chi connectivity index (χ0v) is 17.1. The number of hydrogen-bond donors (Lipinski definition) is 2. The quantitative estimate of drug-likeness (QED) is 0.665. The van der Waals surface area contributed by atoms with Gasteiger partial charge in [-0.05, 0) is 34.9 Å². The Morgan fingerprint density at radius 2 is 2.00 bits per heavy atom. The van der Waals surface area contributed by atoms with Crippen LogP contribution in [0, 0.1) is 6.92 Å². The average Bonchev–Trinajstić information content (AvgIpc) is 2.76. The van der Waals surface area contributed by atoms with Crippen molar-refractivity contribution in [2.24, 2.45) is 0 Å². The van der Waals surface area contributed by atoms with Gasteiger partial charge >= 0.3 is 0 Å². The minimum Gasteiger partial charge on any atom is -0.353 e. The van der Waals surface area contributed by atoms with Crippen LogP contribution in [0.2, 0.25) is 0 Å². The molecule has 2 heterocycles. The van der Waals surface area contributed by atoms with E-state index < -0.39 is 6.04 Å². The first-order chi connectivity index (χ1) is 14.6. The molecule has 1 aliphatic rings. The lowest BCUT2D eigenvalue weighted by molar-refractivity contribution is -0.134. The smallest absolute Gasteiger partial charge is 0.237 e. The fraction of sp³-hybridized carbons (Fsp3) is 0.292. The lowest BCUT2D eigenvalue weighted by Gasteiger charge is -2.35. The van der Waals surface area contributed by atoms with Gasteiger partial charge in [0, 0.05) is 25.8 Å². The summed E-state index contributed by atoms with van der Waals surface area (Å²) in [5.41, 5.74) is 3.04. The number of nitrogens with one attached hydrogen (secondary N) is 2. The van der Waals surface area contributed by atoms with Gasteiger partial charge in [0.1, 0.15) is 0 Å². The highest BCUT2D eigenvalue weighted by Gasteiger charge is 2.31. The number of amides is 2. The molecular weight excluding hydrogens is 376 g/mol. The first-order valence-corrected chi connectivity index (χ1v) is 10.3. The van der Waals surface area contributed by atoms with Crippen molar-refractivity contribution < 1.29 is 9.59 Å². The van der Waals surface area contributed by atoms with Crippen LogP contribution < -0.4 is 10.6 Å². The Labute approximate surface area is 176 Å². The molecule has 4 rings (SSSR count). The van der Waals surface area contributed by atoms with Crippen LogP contribution in [0.3, 0.4) is 0 Å². The summed E-state index contributed by atoms with van der Waals surface area (Å²) >= 11 is 0. The molecule has 1 atom stereocenters. The maximum Gasteiger partial charge on any atom is 0.237 e. The maximum atomic E-state index is 12.6. The first kappa shape index (κ1) is 20.0. The molecule has 0 spiro atoms. The average molecular weight is 402 g/mol. The number of aryl methyl sites for hydroxylation is 1. The Balaban J connectivity index is 1.45. The lowest BCUT2D eigenvalue weighted by Crippen LogP contribution is -2.56. The Hall–Kier alpha value is -3.25. The highest BCUT2D eigenvalue weighted by Crippen LogP contribution is 2.22. The molecule has 6 heteroatoms. The maximum absolute atomic E-state index is 12.6. The largest absolute Gasteiger partial charge is 0.353 e. The van der Waals surface area contributed by atoms with Crippen LogP contribution in [0.25, 0.3) is 10.8 Å². The second-order valence-electron chi connectivity index (χ2n) is 7.66. The summed E-state index contributed by atoms with van der Waals surface area (Å²) in [6.45, 7) is 4.27. The normalized spacial score (nSPS) is 17.0. The highest BCUT2D eigenvalue weighted by molar-refractivity contribution is 5.89. The zero-order chi connectivity index (χ0) is 20.9. The van der Waals surface area contributed by atoms with Crippen LogP contribution in [0.1, 0.15) is 23.2 Å². The van der Waals surface area contributed by atoms with Gasteiger partial charge in [-0.2, -0.15) is 0 Å². The van der Waals surface area contributed by atoms with E-state index in [0.717, 1.165) is 16.8 Å². The van der Waals surface area contributed by atoms with E-state index >= 15 is 0 Å². The van der Waals surface area contributed by atoms with Crippen LogP contribution in [0.5, 0.6) is 0 Å². The molecule has 30 heavy (non-hydrogen) atoms. The Morgan fingerprint density at radius 1 is 1.17 bits per heavy atom. The van der Waals surface area contributed by atoms with Crippen molar-refractivity contribution in [1.82, 2.24) is 20.5 Å². The number of rotatable bonds is 6. The number of fused-ring (bicyclic) bond motifs is 1. The number of hydrogen-bond acceptors (Lipinski definition) is 4. The summed E-state index contributed by atoms with van der Waals surface area (Å²) in [6, 6.07) is 17.8. The fourth-order valence-electron chi connectivity index (χ4n) is 3.96. The van der Waals surface area contributed by atoms with Crippen molar-refractivity contribution in [3.63, 3.8) is 0 Å². The second kappa shape index (κ2) is 9.05. The summed E-state index contributed by atoms with van der Waals surface area (Å²) < 4.78 is 0. The number of carbonyl (C=O) groups excluding carboxylic acids is 2. The number of pyridine rings is 1. The molecule has 2 amide bonds. The summed E-state index contributed by atoms with van der Waals surface area (Å²) in [5.74, 6) is -0.240. The predicted molar refractivity (Wildman–Crippen MR) is 117 cm³/mol. The summed E-state index contributed by atoms with van der Waals surface area (Å²) in [4.78, 5) is 31.6. The minimum atomic E-state index is -0.484. The van der Waals surface area contributed by atoms with Gasteiger partial charge < -0.3 is 10.6 Å². The summed E-state index contributed by atoms with van der Waals surface area (Å²) in [6.07, 6.45) is 1.84. The van der Waals surface area contributed by atoms with Crippen molar-refractivity contribution in [1.29, 1.82) is 0 Å². The number of nitrogens with zero attached hydrogens (tertiary/aromatic N) is 2. The monoisotopic (exact) mass is 402 g/mol. The minimum absolute atomic E-state index is 0.0920. The van der Waals surface area contributed by atoms with Crippen LogP contribution in [0.15, 0.2) is 60.8 Å². The lowest BCUT2D eigenvalue weighted by atomic mass is 10.0. The second-order valence-corrected chi connectivity index (χ2v) is 7.66. The van der Waals surface area contributed by atoms with Gasteiger partial charge in [0.15, 0.2) is 0 Å². The molecule has 1 saturated heterocycles. The molecular formula is C24H26N4O2. The van der Waals surface area contributed by atoms with Gasteiger partial charge in [-0.1, -0.05) is 48.5 Å². The molecule has 0 aliphatic carbocycles. The molecule has 0 bridgehead atoms. The first-order valence-electron chi connectivity index (χ1n) is 10.3. The summed E-state index contributed by atoms with van der Waals surface area (Å²) in [5, 5.41) is 8.17. The van der Waals surface area contributed by atoms with E-state index in [1.807, 2.05) is 37.3 Å². The van der Waals surface area contributed by atoms with E-state index in [2.05, 4.69) is 44.8 Å². The van der Waals surface area contributed by atoms with Gasteiger partial charge in [-0.15, -0.1) is 0 Å². The van der Waals surface area contributed by atoms with Gasteiger partial charge in [0.25, 0.3) is 0 Å². The van der Waals surface area contributed by atoms with Crippen molar-refractivity contribution in [2.75, 3.05) is 13.1 Å². The van der Waals surface area contributed by atoms with Crippen LogP contribution in [-0.4, -0.2) is 40.8 Å². The van der Waals surface area contributed by atoms with Crippen molar-refractivity contribution in [2.45, 2.75) is 32.5 Å². The van der Waals surface area contributed by atoms with Gasteiger partial charge in [0.2, 0.25) is 11.8 Å². The predicted octanol–water partition coefficient (Wildman–Crippen LogP) is 2.55. The highest BCUT2D eigenvalue weighted by atomic mass is 16.2. The SMILES string of the molecule is Cc1cccnc1CNC(=O)C[C@H]1C(=O)NCCN1Cc1cccc2ccccc12. The number of piperazine rings is 1. The Kier molecular flexibility index (Phi) is 6.05. The fourth-order valence-corrected chi connectivity index (χ4v) is 3.96. The van der Waals surface area contributed by atoms with Gasteiger partial charge in [-0.3, -0.25) is 19.5 Å². The van der Waals surface area contributed by atoms with Crippen LogP contribution in [0.4, 0.5) is 0 Å². The molecule has 6 nitrogen and oxygen atoms in total. The van der Waals surface area contributed by atoms with Gasteiger partial charge in [-0.25, -0.2) is 0 Å².